The van der Waals surface area contributed by atoms with Crippen molar-refractivity contribution in [1.29, 1.82) is 0 Å². The highest BCUT2D eigenvalue weighted by molar-refractivity contribution is 7.99. The first kappa shape index (κ1) is 14.5. The number of nitrogens with one attached hydrogen (secondary N) is 1. The van der Waals surface area contributed by atoms with E-state index in [0.29, 0.717) is 18.3 Å². The van der Waals surface area contributed by atoms with E-state index in [9.17, 15) is 5.11 Å². The minimum Gasteiger partial charge on any atom is -0.504 e. The number of aromatic hydroxyl groups is 1. The highest BCUT2D eigenvalue weighted by Gasteiger charge is 2.26. The molecule has 0 radical (unpaired) electrons. The van der Waals surface area contributed by atoms with Crippen LogP contribution in [0.4, 0.5) is 0 Å². The molecule has 0 saturated heterocycles. The molecule has 2 atom stereocenters. The van der Waals surface area contributed by atoms with Crippen molar-refractivity contribution in [3.63, 3.8) is 0 Å². The monoisotopic (exact) mass is 281 g/mol. The Morgan fingerprint density at radius 3 is 3.00 bits per heavy atom. The summed E-state index contributed by atoms with van der Waals surface area (Å²) in [4.78, 5) is 0. The van der Waals surface area contributed by atoms with Crippen LogP contribution < -0.4 is 10.1 Å². The molecule has 0 aromatic heterocycles. The third-order valence-electron chi connectivity index (χ3n) is 3.69. The molecule has 3 nitrogen and oxygen atoms in total. The maximum absolute atomic E-state index is 10.1. The van der Waals surface area contributed by atoms with Crippen LogP contribution in [0.5, 0.6) is 11.5 Å². The van der Waals surface area contributed by atoms with Crippen LogP contribution in [0.25, 0.3) is 0 Å². The fourth-order valence-corrected chi connectivity index (χ4v) is 3.92. The fraction of sp³-hybridized carbons (Fsp3) is 0.600. The first-order valence-corrected chi connectivity index (χ1v) is 8.01. The summed E-state index contributed by atoms with van der Waals surface area (Å²) in [5.41, 5.74) is 0.909. The maximum Gasteiger partial charge on any atom is 0.162 e. The Hall–Kier alpha value is -0.870. The predicted molar refractivity (Wildman–Crippen MR) is 81.1 cm³/mol. The van der Waals surface area contributed by atoms with E-state index in [1.165, 1.54) is 25.0 Å². The van der Waals surface area contributed by atoms with E-state index in [4.69, 9.17) is 4.74 Å². The van der Waals surface area contributed by atoms with Crippen molar-refractivity contribution in [3.8, 4) is 11.5 Å². The quantitative estimate of drug-likeness (QED) is 0.840. The summed E-state index contributed by atoms with van der Waals surface area (Å²) >= 11 is 2.04. The molecule has 2 N–H and O–H groups in total. The summed E-state index contributed by atoms with van der Waals surface area (Å²) in [5.74, 6) is 1.98. The van der Waals surface area contributed by atoms with Gasteiger partial charge in [0.1, 0.15) is 0 Å². The Morgan fingerprint density at radius 1 is 1.42 bits per heavy atom. The third kappa shape index (κ3) is 3.57. The minimum atomic E-state index is 0.259. The number of para-hydroxylation sites is 1. The average Bonchev–Trinajstić information content (AvgIpc) is 2.85. The van der Waals surface area contributed by atoms with Crippen molar-refractivity contribution in [2.75, 3.05) is 12.9 Å². The summed E-state index contributed by atoms with van der Waals surface area (Å²) in [7, 11) is 1.58. The zero-order valence-electron chi connectivity index (χ0n) is 11.7. The first-order chi connectivity index (χ1) is 9.26. The van der Waals surface area contributed by atoms with Crippen molar-refractivity contribution in [2.45, 2.75) is 44.0 Å². The Bertz CT molecular complexity index is 411. The van der Waals surface area contributed by atoms with Crippen LogP contribution in [-0.4, -0.2) is 29.3 Å². The smallest absolute Gasteiger partial charge is 0.162 e. The summed E-state index contributed by atoms with van der Waals surface area (Å²) in [5, 5.41) is 14.4. The van der Waals surface area contributed by atoms with E-state index in [-0.39, 0.29) is 5.75 Å². The van der Waals surface area contributed by atoms with Crippen molar-refractivity contribution in [3.05, 3.63) is 23.8 Å². The van der Waals surface area contributed by atoms with Gasteiger partial charge in [0.25, 0.3) is 0 Å². The number of ether oxygens (including phenoxy) is 1. The van der Waals surface area contributed by atoms with Gasteiger partial charge in [-0.2, -0.15) is 11.8 Å². The average molecular weight is 281 g/mol. The summed E-state index contributed by atoms with van der Waals surface area (Å²) in [6.07, 6.45) is 3.85. The topological polar surface area (TPSA) is 41.5 Å². The number of methoxy groups -OCH3 is 1. The van der Waals surface area contributed by atoms with Crippen LogP contribution in [0.2, 0.25) is 0 Å². The standard InChI is InChI=1S/C15H23NO2S/c1-3-19-14-9-5-7-12(14)16-10-11-6-4-8-13(18-2)15(11)17/h4,6,8,12,14,16-17H,3,5,7,9-10H2,1-2H3. The molecule has 1 aliphatic rings. The van der Waals surface area contributed by atoms with Crippen LogP contribution in [0.15, 0.2) is 18.2 Å². The number of benzene rings is 1. The van der Waals surface area contributed by atoms with Gasteiger partial charge in [0.05, 0.1) is 7.11 Å². The molecule has 2 rings (SSSR count). The molecular formula is C15H23NO2S. The molecule has 1 aromatic carbocycles. The Balaban J connectivity index is 1.95. The zero-order chi connectivity index (χ0) is 13.7. The van der Waals surface area contributed by atoms with Crippen LogP contribution in [0, 0.1) is 0 Å². The molecule has 19 heavy (non-hydrogen) atoms. The molecule has 1 fully saturated rings. The third-order valence-corrected chi connectivity index (χ3v) is 5.02. The van der Waals surface area contributed by atoms with E-state index in [1.807, 2.05) is 23.9 Å². The number of hydrogen-bond acceptors (Lipinski definition) is 4. The SMILES string of the molecule is CCSC1CCCC1NCc1cccc(OC)c1O. The molecule has 106 valence electrons. The molecular weight excluding hydrogens is 258 g/mol. The molecule has 0 spiro atoms. The lowest BCUT2D eigenvalue weighted by Gasteiger charge is -2.20. The number of rotatable bonds is 6. The van der Waals surface area contributed by atoms with Crippen LogP contribution in [-0.2, 0) is 6.54 Å². The van der Waals surface area contributed by atoms with Gasteiger partial charge in [-0.25, -0.2) is 0 Å². The lowest BCUT2D eigenvalue weighted by Crippen LogP contribution is -2.33. The fourth-order valence-electron chi connectivity index (χ4n) is 2.69. The van der Waals surface area contributed by atoms with Crippen molar-refractivity contribution in [1.82, 2.24) is 5.32 Å². The molecule has 0 bridgehead atoms. The Labute approximate surface area is 119 Å². The van der Waals surface area contributed by atoms with Gasteiger partial charge in [-0.1, -0.05) is 25.5 Å². The summed E-state index contributed by atoms with van der Waals surface area (Å²) in [6.45, 7) is 2.92. The summed E-state index contributed by atoms with van der Waals surface area (Å²) in [6, 6.07) is 6.21. The lowest BCUT2D eigenvalue weighted by molar-refractivity contribution is 0.368. The van der Waals surface area contributed by atoms with Gasteiger partial charge in [-0.3, -0.25) is 0 Å². The second-order valence-corrected chi connectivity index (χ2v) is 6.40. The lowest BCUT2D eigenvalue weighted by atomic mass is 10.1. The zero-order valence-corrected chi connectivity index (χ0v) is 12.5. The summed E-state index contributed by atoms with van der Waals surface area (Å²) < 4.78 is 5.14. The second kappa shape index (κ2) is 7.06. The number of phenols is 1. The maximum atomic E-state index is 10.1. The minimum absolute atomic E-state index is 0.259. The largest absolute Gasteiger partial charge is 0.504 e. The normalized spacial score (nSPS) is 22.6. The van der Waals surface area contributed by atoms with Crippen LogP contribution in [0.1, 0.15) is 31.7 Å². The van der Waals surface area contributed by atoms with E-state index < -0.39 is 0 Å². The van der Waals surface area contributed by atoms with Gasteiger partial charge in [-0.15, -0.1) is 0 Å². The molecule has 1 aromatic rings. The number of thioether (sulfide) groups is 1. The first-order valence-electron chi connectivity index (χ1n) is 6.96. The van der Waals surface area contributed by atoms with Crippen molar-refractivity contribution >= 4 is 11.8 Å². The highest BCUT2D eigenvalue weighted by Crippen LogP contribution is 2.32. The molecule has 2 unspecified atom stereocenters. The van der Waals surface area contributed by atoms with Crippen LogP contribution >= 0.6 is 11.8 Å². The van der Waals surface area contributed by atoms with Crippen molar-refractivity contribution < 1.29 is 9.84 Å². The molecule has 1 saturated carbocycles. The molecule has 0 heterocycles. The van der Waals surface area contributed by atoms with Crippen LogP contribution in [0.3, 0.4) is 0 Å². The Kier molecular flexibility index (Phi) is 5.40. The van der Waals surface area contributed by atoms with E-state index >= 15 is 0 Å². The van der Waals surface area contributed by atoms with Gasteiger partial charge >= 0.3 is 0 Å². The molecule has 4 heteroatoms. The second-order valence-electron chi connectivity index (χ2n) is 4.88. The van der Waals surface area contributed by atoms with Crippen molar-refractivity contribution in [2.24, 2.45) is 0 Å². The van der Waals surface area contributed by atoms with E-state index in [0.717, 1.165) is 10.8 Å². The van der Waals surface area contributed by atoms with Gasteiger partial charge in [-0.05, 0) is 24.7 Å². The van der Waals surface area contributed by atoms with Gasteiger partial charge < -0.3 is 15.2 Å². The molecule has 0 amide bonds. The van der Waals surface area contributed by atoms with Gasteiger partial charge in [0, 0.05) is 23.4 Å². The molecule has 1 aliphatic carbocycles. The van der Waals surface area contributed by atoms with Gasteiger partial charge in [0.15, 0.2) is 11.5 Å². The number of hydrogen-bond donors (Lipinski definition) is 2. The highest BCUT2D eigenvalue weighted by atomic mass is 32.2. The van der Waals surface area contributed by atoms with E-state index in [1.54, 1.807) is 13.2 Å². The van der Waals surface area contributed by atoms with Gasteiger partial charge in [0.2, 0.25) is 0 Å². The number of phenolic OH excluding ortho intramolecular Hbond substituents is 1. The predicted octanol–water partition coefficient (Wildman–Crippen LogP) is 3.16. The Morgan fingerprint density at radius 2 is 2.26 bits per heavy atom. The van der Waals surface area contributed by atoms with E-state index in [2.05, 4.69) is 12.2 Å². The molecule has 0 aliphatic heterocycles.